The fourth-order valence-corrected chi connectivity index (χ4v) is 1.49. The standard InChI is InChI=1S/C13H17ClN2O2/c1-9(2)7-12(17)15-8-13(18)16-11-5-3-10(14)4-6-11/h3-6,9H,7-8H2,1-2H3,(H,15,17)(H,16,18). The molecule has 0 aliphatic carbocycles. The molecule has 0 saturated carbocycles. The Morgan fingerprint density at radius 2 is 1.78 bits per heavy atom. The van der Waals surface area contributed by atoms with Crippen LogP contribution in [-0.4, -0.2) is 18.4 Å². The van der Waals surface area contributed by atoms with Crippen LogP contribution in [0.25, 0.3) is 0 Å². The fourth-order valence-electron chi connectivity index (χ4n) is 1.36. The van der Waals surface area contributed by atoms with E-state index in [0.29, 0.717) is 17.1 Å². The predicted octanol–water partition coefficient (Wildman–Crippen LogP) is 2.44. The Hall–Kier alpha value is -1.55. The van der Waals surface area contributed by atoms with E-state index >= 15 is 0 Å². The third kappa shape index (κ3) is 5.68. The van der Waals surface area contributed by atoms with Gasteiger partial charge in [-0.05, 0) is 30.2 Å². The van der Waals surface area contributed by atoms with E-state index in [4.69, 9.17) is 11.6 Å². The van der Waals surface area contributed by atoms with Gasteiger partial charge in [-0.15, -0.1) is 0 Å². The van der Waals surface area contributed by atoms with Crippen LogP contribution in [0.4, 0.5) is 5.69 Å². The molecule has 0 atom stereocenters. The molecule has 98 valence electrons. The zero-order chi connectivity index (χ0) is 13.5. The van der Waals surface area contributed by atoms with Crippen molar-refractivity contribution < 1.29 is 9.59 Å². The monoisotopic (exact) mass is 268 g/mol. The van der Waals surface area contributed by atoms with E-state index in [0.717, 1.165) is 0 Å². The van der Waals surface area contributed by atoms with E-state index in [1.54, 1.807) is 24.3 Å². The lowest BCUT2D eigenvalue weighted by molar-refractivity contribution is -0.124. The second kappa shape index (κ2) is 7.01. The largest absolute Gasteiger partial charge is 0.347 e. The first-order chi connectivity index (χ1) is 8.47. The van der Waals surface area contributed by atoms with Crippen LogP contribution >= 0.6 is 11.6 Å². The zero-order valence-corrected chi connectivity index (χ0v) is 11.3. The predicted molar refractivity (Wildman–Crippen MR) is 72.5 cm³/mol. The topological polar surface area (TPSA) is 58.2 Å². The molecule has 2 N–H and O–H groups in total. The van der Waals surface area contributed by atoms with Crippen molar-refractivity contribution in [3.8, 4) is 0 Å². The smallest absolute Gasteiger partial charge is 0.243 e. The molecular formula is C13H17ClN2O2. The summed E-state index contributed by atoms with van der Waals surface area (Å²) in [6.07, 6.45) is 0.425. The quantitative estimate of drug-likeness (QED) is 0.862. The molecule has 0 unspecified atom stereocenters. The van der Waals surface area contributed by atoms with Crippen LogP contribution in [0.5, 0.6) is 0 Å². The van der Waals surface area contributed by atoms with Crippen molar-refractivity contribution in [3.63, 3.8) is 0 Å². The summed E-state index contributed by atoms with van der Waals surface area (Å²) in [5.41, 5.74) is 0.655. The highest BCUT2D eigenvalue weighted by atomic mass is 35.5. The van der Waals surface area contributed by atoms with Crippen molar-refractivity contribution in [2.24, 2.45) is 5.92 Å². The molecule has 18 heavy (non-hydrogen) atoms. The Morgan fingerprint density at radius 3 is 2.33 bits per heavy atom. The minimum atomic E-state index is -0.255. The number of rotatable bonds is 5. The molecule has 4 nitrogen and oxygen atoms in total. The van der Waals surface area contributed by atoms with E-state index in [1.807, 2.05) is 13.8 Å². The lowest BCUT2D eigenvalue weighted by Gasteiger charge is -2.08. The fraction of sp³-hybridized carbons (Fsp3) is 0.385. The normalized spacial score (nSPS) is 10.2. The van der Waals surface area contributed by atoms with E-state index in [-0.39, 0.29) is 24.3 Å². The van der Waals surface area contributed by atoms with Gasteiger partial charge in [0.15, 0.2) is 0 Å². The number of carbonyl (C=O) groups is 2. The Balaban J connectivity index is 2.34. The molecule has 0 fully saturated rings. The Morgan fingerprint density at radius 1 is 1.17 bits per heavy atom. The summed E-state index contributed by atoms with van der Waals surface area (Å²) in [6, 6.07) is 6.79. The second-order valence-electron chi connectivity index (χ2n) is 4.43. The van der Waals surface area contributed by atoms with Gasteiger partial charge in [0.2, 0.25) is 11.8 Å². The molecule has 0 saturated heterocycles. The summed E-state index contributed by atoms with van der Waals surface area (Å²) in [5, 5.41) is 5.84. The molecule has 0 heterocycles. The van der Waals surface area contributed by atoms with Crippen LogP contribution in [-0.2, 0) is 9.59 Å². The number of hydrogen-bond donors (Lipinski definition) is 2. The van der Waals surface area contributed by atoms with Gasteiger partial charge < -0.3 is 10.6 Å². The number of amides is 2. The van der Waals surface area contributed by atoms with Gasteiger partial charge >= 0.3 is 0 Å². The van der Waals surface area contributed by atoms with Gasteiger partial charge in [0.25, 0.3) is 0 Å². The van der Waals surface area contributed by atoms with Gasteiger partial charge in [0.05, 0.1) is 6.54 Å². The van der Waals surface area contributed by atoms with E-state index in [1.165, 1.54) is 0 Å². The highest BCUT2D eigenvalue weighted by Crippen LogP contribution is 2.12. The number of nitrogens with one attached hydrogen (secondary N) is 2. The third-order valence-electron chi connectivity index (χ3n) is 2.17. The molecule has 0 aromatic heterocycles. The average Bonchev–Trinajstić information content (AvgIpc) is 2.29. The zero-order valence-electron chi connectivity index (χ0n) is 10.5. The summed E-state index contributed by atoms with van der Waals surface area (Å²) in [6.45, 7) is 3.88. The molecule has 0 aliphatic heterocycles. The van der Waals surface area contributed by atoms with Crippen LogP contribution in [0.2, 0.25) is 5.02 Å². The maximum atomic E-state index is 11.5. The van der Waals surface area contributed by atoms with Crippen molar-refractivity contribution in [2.45, 2.75) is 20.3 Å². The second-order valence-corrected chi connectivity index (χ2v) is 4.87. The molecule has 1 rings (SSSR count). The molecule has 0 spiro atoms. The van der Waals surface area contributed by atoms with Gasteiger partial charge in [-0.3, -0.25) is 9.59 Å². The van der Waals surface area contributed by atoms with Crippen molar-refractivity contribution in [3.05, 3.63) is 29.3 Å². The molecule has 5 heteroatoms. The molecular weight excluding hydrogens is 252 g/mol. The van der Waals surface area contributed by atoms with Crippen LogP contribution in [0, 0.1) is 5.92 Å². The number of carbonyl (C=O) groups excluding carboxylic acids is 2. The Labute approximate surface area is 112 Å². The highest BCUT2D eigenvalue weighted by Gasteiger charge is 2.07. The minimum absolute atomic E-state index is 0.0197. The lowest BCUT2D eigenvalue weighted by Crippen LogP contribution is -2.33. The maximum Gasteiger partial charge on any atom is 0.243 e. The summed E-state index contributed by atoms with van der Waals surface area (Å²) in [4.78, 5) is 22.9. The first-order valence-electron chi connectivity index (χ1n) is 5.79. The Kier molecular flexibility index (Phi) is 5.65. The number of hydrogen-bond acceptors (Lipinski definition) is 2. The first kappa shape index (κ1) is 14.5. The van der Waals surface area contributed by atoms with Gasteiger partial charge in [-0.25, -0.2) is 0 Å². The third-order valence-corrected chi connectivity index (χ3v) is 2.42. The van der Waals surface area contributed by atoms with Crippen LogP contribution in [0.3, 0.4) is 0 Å². The van der Waals surface area contributed by atoms with Gasteiger partial charge in [-0.1, -0.05) is 25.4 Å². The summed E-state index contributed by atoms with van der Waals surface area (Å²) in [5.74, 6) is -0.0880. The molecule has 2 amide bonds. The number of anilines is 1. The van der Waals surface area contributed by atoms with E-state index in [9.17, 15) is 9.59 Å². The van der Waals surface area contributed by atoms with Gasteiger partial charge in [0, 0.05) is 17.1 Å². The molecule has 0 aliphatic rings. The summed E-state index contributed by atoms with van der Waals surface area (Å²) < 4.78 is 0. The first-order valence-corrected chi connectivity index (χ1v) is 6.17. The SMILES string of the molecule is CC(C)CC(=O)NCC(=O)Nc1ccc(Cl)cc1. The van der Waals surface area contributed by atoms with Crippen LogP contribution in [0.1, 0.15) is 20.3 Å². The lowest BCUT2D eigenvalue weighted by atomic mass is 10.1. The summed E-state index contributed by atoms with van der Waals surface area (Å²) >= 11 is 5.73. The van der Waals surface area contributed by atoms with Crippen molar-refractivity contribution in [1.82, 2.24) is 5.32 Å². The van der Waals surface area contributed by atoms with Crippen molar-refractivity contribution >= 4 is 29.1 Å². The van der Waals surface area contributed by atoms with Gasteiger partial charge in [-0.2, -0.15) is 0 Å². The maximum absolute atomic E-state index is 11.5. The molecule has 1 aromatic rings. The van der Waals surface area contributed by atoms with E-state index in [2.05, 4.69) is 10.6 Å². The van der Waals surface area contributed by atoms with Crippen molar-refractivity contribution in [2.75, 3.05) is 11.9 Å². The Bertz CT molecular complexity index is 416. The minimum Gasteiger partial charge on any atom is -0.347 e. The highest BCUT2D eigenvalue weighted by molar-refractivity contribution is 6.30. The van der Waals surface area contributed by atoms with Gasteiger partial charge in [0.1, 0.15) is 0 Å². The molecule has 1 aromatic carbocycles. The number of halogens is 1. The average molecular weight is 269 g/mol. The molecule has 0 radical (unpaired) electrons. The molecule has 0 bridgehead atoms. The number of benzene rings is 1. The summed E-state index contributed by atoms with van der Waals surface area (Å²) in [7, 11) is 0. The van der Waals surface area contributed by atoms with Crippen LogP contribution in [0.15, 0.2) is 24.3 Å². The van der Waals surface area contributed by atoms with Crippen molar-refractivity contribution in [1.29, 1.82) is 0 Å². The van der Waals surface area contributed by atoms with Crippen LogP contribution < -0.4 is 10.6 Å². The van der Waals surface area contributed by atoms with E-state index < -0.39 is 0 Å².